The number of nitriles is 1. The van der Waals surface area contributed by atoms with E-state index in [9.17, 15) is 5.26 Å². The van der Waals surface area contributed by atoms with Crippen molar-refractivity contribution >= 4 is 17.2 Å². The first-order chi connectivity index (χ1) is 11.2. The van der Waals surface area contributed by atoms with Gasteiger partial charge in [0.05, 0.1) is 7.11 Å². The molecule has 114 valence electrons. The van der Waals surface area contributed by atoms with Crippen molar-refractivity contribution < 1.29 is 4.74 Å². The van der Waals surface area contributed by atoms with E-state index in [4.69, 9.17) is 10.5 Å². The van der Waals surface area contributed by atoms with Crippen molar-refractivity contribution in [1.82, 2.24) is 4.98 Å². The summed E-state index contributed by atoms with van der Waals surface area (Å²) in [7, 11) is 1.63. The highest BCUT2D eigenvalue weighted by Crippen LogP contribution is 2.43. The number of aromatic nitrogens is 1. The molecular weight excluding hydrogens is 306 g/mol. The molecule has 23 heavy (non-hydrogen) atoms. The van der Waals surface area contributed by atoms with E-state index >= 15 is 0 Å². The van der Waals surface area contributed by atoms with Crippen molar-refractivity contribution in [3.05, 3.63) is 53.0 Å². The lowest BCUT2D eigenvalue weighted by Crippen LogP contribution is -2.03. The zero-order valence-electron chi connectivity index (χ0n) is 12.8. The normalized spacial score (nSPS) is 10.3. The minimum Gasteiger partial charge on any atom is -0.496 e. The Bertz CT molecular complexity index is 895. The quantitative estimate of drug-likeness (QED) is 0.783. The van der Waals surface area contributed by atoms with Gasteiger partial charge in [-0.25, -0.2) is 4.98 Å². The van der Waals surface area contributed by atoms with Gasteiger partial charge in [0.25, 0.3) is 0 Å². The lowest BCUT2D eigenvalue weighted by atomic mass is 9.93. The molecule has 0 saturated heterocycles. The Balaban J connectivity index is 2.44. The first-order valence-electron chi connectivity index (χ1n) is 7.04. The molecule has 0 bridgehead atoms. The third kappa shape index (κ3) is 2.54. The molecule has 4 nitrogen and oxygen atoms in total. The number of aryl methyl sites for hydroxylation is 1. The minimum absolute atomic E-state index is 0.257. The molecule has 0 unspecified atom stereocenters. The number of pyridine rings is 1. The van der Waals surface area contributed by atoms with Crippen LogP contribution < -0.4 is 10.5 Å². The van der Waals surface area contributed by atoms with E-state index in [0.717, 1.165) is 33.0 Å². The second-order valence-corrected chi connectivity index (χ2v) is 5.94. The molecule has 0 fully saturated rings. The Morgan fingerprint density at radius 1 is 1.17 bits per heavy atom. The smallest absolute Gasteiger partial charge is 0.142 e. The molecule has 3 rings (SSSR count). The fourth-order valence-electron chi connectivity index (χ4n) is 2.69. The molecule has 0 amide bonds. The van der Waals surface area contributed by atoms with Gasteiger partial charge in [-0.15, -0.1) is 11.3 Å². The maximum Gasteiger partial charge on any atom is 0.142 e. The molecule has 0 atom stereocenters. The van der Waals surface area contributed by atoms with Crippen LogP contribution in [0.1, 0.15) is 11.3 Å². The van der Waals surface area contributed by atoms with Crippen LogP contribution in [0.5, 0.6) is 5.75 Å². The fraction of sp³-hybridized carbons (Fsp3) is 0.111. The van der Waals surface area contributed by atoms with Crippen molar-refractivity contribution in [1.29, 1.82) is 5.26 Å². The van der Waals surface area contributed by atoms with Crippen LogP contribution in [0.4, 0.5) is 5.82 Å². The largest absolute Gasteiger partial charge is 0.496 e. The predicted octanol–water partition coefficient (Wildman–Crippen LogP) is 4.25. The Labute approximate surface area is 138 Å². The summed E-state index contributed by atoms with van der Waals surface area (Å²) in [5, 5.41) is 11.6. The molecule has 2 N–H and O–H groups in total. The summed E-state index contributed by atoms with van der Waals surface area (Å²) in [5.41, 5.74) is 9.77. The van der Waals surface area contributed by atoms with Crippen molar-refractivity contribution in [3.8, 4) is 33.4 Å². The number of para-hydroxylation sites is 1. The number of rotatable bonds is 3. The van der Waals surface area contributed by atoms with Gasteiger partial charge in [0, 0.05) is 27.3 Å². The lowest BCUT2D eigenvalue weighted by Gasteiger charge is -2.17. The van der Waals surface area contributed by atoms with Gasteiger partial charge in [0.1, 0.15) is 23.2 Å². The van der Waals surface area contributed by atoms with Crippen molar-refractivity contribution in [3.63, 3.8) is 0 Å². The van der Waals surface area contributed by atoms with E-state index in [1.54, 1.807) is 18.4 Å². The second-order valence-electron chi connectivity index (χ2n) is 5.00. The van der Waals surface area contributed by atoms with Crippen LogP contribution in [0.25, 0.3) is 21.6 Å². The molecule has 0 aliphatic carbocycles. The molecule has 1 aromatic carbocycles. The highest BCUT2D eigenvalue weighted by Gasteiger charge is 2.21. The molecular formula is C18H15N3OS. The summed E-state index contributed by atoms with van der Waals surface area (Å²) in [4.78, 5) is 5.36. The Kier molecular flexibility index (Phi) is 4.00. The van der Waals surface area contributed by atoms with Crippen LogP contribution in [0, 0.1) is 18.3 Å². The number of ether oxygens (including phenoxy) is 1. The first kappa shape index (κ1) is 15.1. The van der Waals surface area contributed by atoms with Crippen LogP contribution in [0.2, 0.25) is 0 Å². The number of thiophene rings is 1. The summed E-state index contributed by atoms with van der Waals surface area (Å²) >= 11 is 1.57. The number of nitrogens with two attached hydrogens (primary N) is 1. The van der Waals surface area contributed by atoms with Gasteiger partial charge in [-0.05, 0) is 24.4 Å². The molecule has 5 heteroatoms. The number of hydrogen-bond donors (Lipinski definition) is 1. The van der Waals surface area contributed by atoms with E-state index in [1.165, 1.54) is 0 Å². The van der Waals surface area contributed by atoms with Gasteiger partial charge in [-0.1, -0.05) is 24.3 Å². The third-order valence-corrected chi connectivity index (χ3v) is 4.55. The average Bonchev–Trinajstić information content (AvgIpc) is 3.08. The SMILES string of the molecule is COc1ccccc1-c1c(C)nc(N)c(C#N)c1-c1cccs1. The Hall–Kier alpha value is -2.84. The van der Waals surface area contributed by atoms with Crippen LogP contribution in [0.15, 0.2) is 41.8 Å². The molecule has 0 aliphatic heterocycles. The van der Waals surface area contributed by atoms with Crippen molar-refractivity contribution in [2.24, 2.45) is 0 Å². The average molecular weight is 321 g/mol. The number of nitrogen functional groups attached to an aromatic ring is 1. The summed E-state index contributed by atoms with van der Waals surface area (Å²) in [6.07, 6.45) is 0. The van der Waals surface area contributed by atoms with E-state index in [0.29, 0.717) is 5.56 Å². The van der Waals surface area contributed by atoms with Crippen molar-refractivity contribution in [2.45, 2.75) is 6.92 Å². The van der Waals surface area contributed by atoms with E-state index in [-0.39, 0.29) is 5.82 Å². The topological polar surface area (TPSA) is 71.9 Å². The number of methoxy groups -OCH3 is 1. The van der Waals surface area contributed by atoms with Gasteiger partial charge < -0.3 is 10.5 Å². The monoisotopic (exact) mass is 321 g/mol. The minimum atomic E-state index is 0.257. The fourth-order valence-corrected chi connectivity index (χ4v) is 3.47. The number of benzene rings is 1. The maximum absolute atomic E-state index is 9.59. The van der Waals surface area contributed by atoms with Gasteiger partial charge in [-0.2, -0.15) is 5.26 Å². The zero-order chi connectivity index (χ0) is 16.4. The van der Waals surface area contributed by atoms with Gasteiger partial charge in [0.15, 0.2) is 0 Å². The van der Waals surface area contributed by atoms with Crippen LogP contribution in [-0.2, 0) is 0 Å². The van der Waals surface area contributed by atoms with Gasteiger partial charge in [0.2, 0.25) is 0 Å². The zero-order valence-corrected chi connectivity index (χ0v) is 13.6. The standard InChI is InChI=1S/C18H15N3OS/c1-11-16(12-6-3-4-7-14(12)22-2)17(15-8-5-9-23-15)13(10-19)18(20)21-11/h3-9H,1-2H3,(H2,20,21). The van der Waals surface area contributed by atoms with Crippen LogP contribution >= 0.6 is 11.3 Å². The third-order valence-electron chi connectivity index (χ3n) is 3.66. The summed E-state index contributed by atoms with van der Waals surface area (Å²) in [6.45, 7) is 1.90. The Morgan fingerprint density at radius 3 is 2.61 bits per heavy atom. The molecule has 2 aromatic heterocycles. The second kappa shape index (κ2) is 6.11. The van der Waals surface area contributed by atoms with E-state index in [2.05, 4.69) is 11.1 Å². The number of anilines is 1. The number of nitrogens with zero attached hydrogens (tertiary/aromatic N) is 2. The van der Waals surface area contributed by atoms with Crippen LogP contribution in [0.3, 0.4) is 0 Å². The predicted molar refractivity (Wildman–Crippen MR) is 93.4 cm³/mol. The highest BCUT2D eigenvalue weighted by atomic mass is 32.1. The van der Waals surface area contributed by atoms with Gasteiger partial charge in [-0.3, -0.25) is 0 Å². The molecule has 3 aromatic rings. The van der Waals surface area contributed by atoms with Crippen molar-refractivity contribution in [2.75, 3.05) is 12.8 Å². The van der Waals surface area contributed by atoms with Crippen LogP contribution in [-0.4, -0.2) is 12.1 Å². The molecule has 0 aliphatic rings. The highest BCUT2D eigenvalue weighted by molar-refractivity contribution is 7.13. The summed E-state index contributed by atoms with van der Waals surface area (Å²) < 4.78 is 5.49. The van der Waals surface area contributed by atoms with E-state index in [1.807, 2.05) is 48.7 Å². The molecule has 2 heterocycles. The summed E-state index contributed by atoms with van der Waals surface area (Å²) in [5.74, 6) is 0.996. The Morgan fingerprint density at radius 2 is 1.96 bits per heavy atom. The molecule has 0 radical (unpaired) electrons. The lowest BCUT2D eigenvalue weighted by molar-refractivity contribution is 0.416. The van der Waals surface area contributed by atoms with Gasteiger partial charge >= 0.3 is 0 Å². The number of hydrogen-bond acceptors (Lipinski definition) is 5. The molecule has 0 saturated carbocycles. The first-order valence-corrected chi connectivity index (χ1v) is 7.92. The maximum atomic E-state index is 9.59. The summed E-state index contributed by atoms with van der Waals surface area (Å²) in [6, 6.07) is 13.9. The molecule has 0 spiro atoms. The van der Waals surface area contributed by atoms with E-state index < -0.39 is 0 Å².